The van der Waals surface area contributed by atoms with E-state index in [1.165, 1.54) is 6.07 Å². The zero-order valence-electron chi connectivity index (χ0n) is 13.7. The van der Waals surface area contributed by atoms with Crippen LogP contribution in [0, 0.1) is 6.92 Å². The van der Waals surface area contributed by atoms with Crippen LogP contribution in [0.15, 0.2) is 54.6 Å². The number of hydrogen-bond acceptors (Lipinski definition) is 3. The molecule has 3 rings (SSSR count). The second-order valence-corrected chi connectivity index (χ2v) is 5.65. The van der Waals surface area contributed by atoms with Crippen LogP contribution in [0.1, 0.15) is 21.6 Å². The number of benzene rings is 2. The van der Waals surface area contributed by atoms with Crippen LogP contribution in [0.3, 0.4) is 0 Å². The van der Waals surface area contributed by atoms with Crippen molar-refractivity contribution in [1.82, 2.24) is 9.78 Å². The Morgan fingerprint density at radius 1 is 1.12 bits per heavy atom. The first-order chi connectivity index (χ1) is 12.3. The van der Waals surface area contributed by atoms with E-state index in [1.807, 2.05) is 0 Å². The van der Waals surface area contributed by atoms with Crippen molar-refractivity contribution < 1.29 is 18.0 Å². The van der Waals surface area contributed by atoms with Crippen molar-refractivity contribution in [2.24, 2.45) is 5.73 Å². The van der Waals surface area contributed by atoms with E-state index < -0.39 is 17.8 Å². The van der Waals surface area contributed by atoms with E-state index in [0.29, 0.717) is 11.4 Å². The maximum absolute atomic E-state index is 13.2. The van der Waals surface area contributed by atoms with E-state index in [2.05, 4.69) is 10.4 Å². The van der Waals surface area contributed by atoms with Crippen molar-refractivity contribution in [3.05, 3.63) is 71.4 Å². The van der Waals surface area contributed by atoms with Crippen LogP contribution < -0.4 is 11.1 Å². The Labute approximate surface area is 147 Å². The van der Waals surface area contributed by atoms with Crippen LogP contribution in [0.2, 0.25) is 0 Å². The molecule has 0 saturated carbocycles. The number of nitrogens with two attached hydrogens (primary N) is 1. The first kappa shape index (κ1) is 17.5. The molecule has 1 amide bonds. The fourth-order valence-electron chi connectivity index (χ4n) is 2.54. The highest BCUT2D eigenvalue weighted by molar-refractivity contribution is 5.99. The zero-order valence-corrected chi connectivity index (χ0v) is 13.7. The van der Waals surface area contributed by atoms with Gasteiger partial charge in [-0.2, -0.15) is 18.3 Å². The molecule has 8 heteroatoms. The summed E-state index contributed by atoms with van der Waals surface area (Å²) in [5.74, 6) is -0.619. The van der Waals surface area contributed by atoms with Gasteiger partial charge >= 0.3 is 6.18 Å². The van der Waals surface area contributed by atoms with Gasteiger partial charge < -0.3 is 11.1 Å². The third kappa shape index (κ3) is 3.39. The molecule has 1 heterocycles. The van der Waals surface area contributed by atoms with Gasteiger partial charge in [-0.25, -0.2) is 4.68 Å². The molecule has 3 aromatic rings. The second kappa shape index (κ2) is 6.55. The molecule has 0 aliphatic rings. The van der Waals surface area contributed by atoms with Crippen LogP contribution >= 0.6 is 0 Å². The van der Waals surface area contributed by atoms with Gasteiger partial charge in [0.25, 0.3) is 5.91 Å². The summed E-state index contributed by atoms with van der Waals surface area (Å²) in [6.45, 7) is 1.77. The third-order valence-electron chi connectivity index (χ3n) is 3.80. The monoisotopic (exact) mass is 360 g/mol. The van der Waals surface area contributed by atoms with Crippen LogP contribution in [-0.2, 0) is 6.18 Å². The zero-order chi connectivity index (χ0) is 18.9. The van der Waals surface area contributed by atoms with Crippen LogP contribution in [0.5, 0.6) is 0 Å². The Morgan fingerprint density at radius 2 is 1.77 bits per heavy atom. The SMILES string of the molecule is Cc1ccccc1-n1nc(C(F)(F)F)cc1Nc1ccccc1C(N)=O. The fraction of sp³-hybridized carbons (Fsp3) is 0.111. The summed E-state index contributed by atoms with van der Waals surface area (Å²) in [7, 11) is 0. The lowest BCUT2D eigenvalue weighted by Crippen LogP contribution is -2.14. The average Bonchev–Trinajstić information content (AvgIpc) is 2.99. The van der Waals surface area contributed by atoms with Gasteiger partial charge in [0.1, 0.15) is 5.82 Å². The van der Waals surface area contributed by atoms with Crippen LogP contribution in [-0.4, -0.2) is 15.7 Å². The van der Waals surface area contributed by atoms with Crippen LogP contribution in [0.25, 0.3) is 5.69 Å². The van der Waals surface area contributed by atoms with Gasteiger partial charge in [0.15, 0.2) is 5.69 Å². The van der Waals surface area contributed by atoms with Crippen molar-refractivity contribution in [2.75, 3.05) is 5.32 Å². The summed E-state index contributed by atoms with van der Waals surface area (Å²) in [5.41, 5.74) is 5.99. The van der Waals surface area contributed by atoms with Gasteiger partial charge in [0.2, 0.25) is 0 Å². The number of hydrogen-bond donors (Lipinski definition) is 2. The number of nitrogens with zero attached hydrogens (tertiary/aromatic N) is 2. The average molecular weight is 360 g/mol. The van der Waals surface area contributed by atoms with Gasteiger partial charge in [-0.3, -0.25) is 4.79 Å². The highest BCUT2D eigenvalue weighted by atomic mass is 19.4. The standard InChI is InChI=1S/C18H15F3N4O/c1-11-6-2-5-9-14(11)25-16(10-15(24-25)18(19,20)21)23-13-8-4-3-7-12(13)17(22)26/h2-10,23H,1H3,(H2,22,26). The molecule has 0 spiro atoms. The van der Waals surface area contributed by atoms with Gasteiger partial charge in [-0.05, 0) is 30.7 Å². The quantitative estimate of drug-likeness (QED) is 0.737. The molecule has 1 aromatic heterocycles. The number of anilines is 2. The van der Waals surface area contributed by atoms with Gasteiger partial charge in [0.05, 0.1) is 16.9 Å². The molecule has 3 N–H and O–H groups in total. The van der Waals surface area contributed by atoms with Crippen molar-refractivity contribution >= 4 is 17.4 Å². The van der Waals surface area contributed by atoms with E-state index in [9.17, 15) is 18.0 Å². The summed E-state index contributed by atoms with van der Waals surface area (Å²) in [6.07, 6.45) is -4.60. The minimum absolute atomic E-state index is 0.0697. The lowest BCUT2D eigenvalue weighted by Gasteiger charge is -2.13. The second-order valence-electron chi connectivity index (χ2n) is 5.65. The number of aryl methyl sites for hydroxylation is 1. The number of alkyl halides is 3. The molecule has 26 heavy (non-hydrogen) atoms. The number of amides is 1. The molecule has 5 nitrogen and oxygen atoms in total. The molecule has 0 unspecified atom stereocenters. The smallest absolute Gasteiger partial charge is 0.366 e. The fourth-order valence-corrected chi connectivity index (χ4v) is 2.54. The molecular weight excluding hydrogens is 345 g/mol. The first-order valence-electron chi connectivity index (χ1n) is 7.66. The molecule has 0 aliphatic carbocycles. The summed E-state index contributed by atoms with van der Waals surface area (Å²) >= 11 is 0. The number of carbonyl (C=O) groups excluding carboxylic acids is 1. The Kier molecular flexibility index (Phi) is 4.41. The van der Waals surface area contributed by atoms with Gasteiger partial charge in [0, 0.05) is 6.07 Å². The summed E-state index contributed by atoms with van der Waals surface area (Å²) in [6, 6.07) is 14.1. The molecule has 0 radical (unpaired) electrons. The maximum Gasteiger partial charge on any atom is 0.435 e. The number of carbonyl (C=O) groups is 1. The number of nitrogens with one attached hydrogen (secondary N) is 1. The molecular formula is C18H15F3N4O. The Hall–Kier alpha value is -3.29. The Balaban J connectivity index is 2.14. The maximum atomic E-state index is 13.2. The van der Waals surface area contributed by atoms with Crippen molar-refractivity contribution in [2.45, 2.75) is 13.1 Å². The molecule has 0 fully saturated rings. The van der Waals surface area contributed by atoms with Crippen LogP contribution in [0.4, 0.5) is 24.7 Å². The predicted molar refractivity (Wildman–Crippen MR) is 91.5 cm³/mol. The predicted octanol–water partition coefficient (Wildman–Crippen LogP) is 4.04. The third-order valence-corrected chi connectivity index (χ3v) is 3.80. The molecule has 2 aromatic carbocycles. The summed E-state index contributed by atoms with van der Waals surface area (Å²) in [5, 5.41) is 6.54. The first-order valence-corrected chi connectivity index (χ1v) is 7.66. The molecule has 0 saturated heterocycles. The number of halogens is 3. The van der Waals surface area contributed by atoms with Crippen molar-refractivity contribution in [3.63, 3.8) is 0 Å². The normalized spacial score (nSPS) is 11.4. The highest BCUT2D eigenvalue weighted by Crippen LogP contribution is 2.33. The lowest BCUT2D eigenvalue weighted by molar-refractivity contribution is -0.141. The topological polar surface area (TPSA) is 72.9 Å². The minimum Gasteiger partial charge on any atom is -0.366 e. The Morgan fingerprint density at radius 3 is 2.42 bits per heavy atom. The Bertz CT molecular complexity index is 963. The number of rotatable bonds is 4. The molecule has 0 aliphatic heterocycles. The van der Waals surface area contributed by atoms with E-state index >= 15 is 0 Å². The molecule has 0 bridgehead atoms. The van der Waals surface area contributed by atoms with E-state index in [4.69, 9.17) is 5.73 Å². The van der Waals surface area contributed by atoms with E-state index in [1.54, 1.807) is 49.4 Å². The number of aromatic nitrogens is 2. The van der Waals surface area contributed by atoms with Crippen molar-refractivity contribution in [1.29, 1.82) is 0 Å². The largest absolute Gasteiger partial charge is 0.435 e. The number of para-hydroxylation sites is 2. The van der Waals surface area contributed by atoms with E-state index in [-0.39, 0.29) is 11.4 Å². The summed E-state index contributed by atoms with van der Waals surface area (Å²) < 4.78 is 40.7. The van der Waals surface area contributed by atoms with Crippen molar-refractivity contribution in [3.8, 4) is 5.69 Å². The minimum atomic E-state index is -4.60. The van der Waals surface area contributed by atoms with Gasteiger partial charge in [-0.1, -0.05) is 30.3 Å². The van der Waals surface area contributed by atoms with Gasteiger partial charge in [-0.15, -0.1) is 0 Å². The molecule has 0 atom stereocenters. The summed E-state index contributed by atoms with van der Waals surface area (Å²) in [4.78, 5) is 11.6. The number of primary amides is 1. The van der Waals surface area contributed by atoms with E-state index in [0.717, 1.165) is 16.3 Å². The molecule has 134 valence electrons. The highest BCUT2D eigenvalue weighted by Gasteiger charge is 2.35. The lowest BCUT2D eigenvalue weighted by atomic mass is 10.1.